The van der Waals surface area contributed by atoms with Gasteiger partial charge >= 0.3 is 5.97 Å². The Morgan fingerprint density at radius 3 is 2.56 bits per heavy atom. The van der Waals surface area contributed by atoms with E-state index in [0.29, 0.717) is 0 Å². The van der Waals surface area contributed by atoms with E-state index in [1.54, 1.807) is 6.07 Å². The maximum Gasteiger partial charge on any atom is 0.337 e. The minimum absolute atomic E-state index is 0.0981. The molecule has 0 saturated heterocycles. The number of nitrogens with zero attached hydrogens (tertiary/aromatic N) is 1. The third-order valence-corrected chi connectivity index (χ3v) is 2.15. The lowest BCUT2D eigenvalue weighted by Gasteiger charge is -2.09. The van der Waals surface area contributed by atoms with Crippen molar-refractivity contribution in [1.29, 1.82) is 5.26 Å². The van der Waals surface area contributed by atoms with E-state index in [2.05, 4.69) is 4.74 Å². The second-order valence-electron chi connectivity index (χ2n) is 3.16. The van der Waals surface area contributed by atoms with Gasteiger partial charge in [-0.1, -0.05) is 0 Å². The summed E-state index contributed by atoms with van der Waals surface area (Å²) in [5.74, 6) is -0.652. The number of methoxy groups -OCH3 is 1. The second-order valence-corrected chi connectivity index (χ2v) is 3.16. The minimum atomic E-state index is -2.73. The highest BCUT2D eigenvalue weighted by atomic mass is 19.3. The number of hydrogen-bond acceptors (Lipinski definition) is 3. The first-order chi connectivity index (χ1) is 7.51. The number of hydrogen-bond donors (Lipinski definition) is 0. The summed E-state index contributed by atoms with van der Waals surface area (Å²) in [7, 11) is 1.19. The maximum absolute atomic E-state index is 12.6. The van der Waals surface area contributed by atoms with E-state index >= 15 is 0 Å². The number of carbonyl (C=O) groups is 1. The van der Waals surface area contributed by atoms with E-state index in [9.17, 15) is 13.6 Å². The van der Waals surface area contributed by atoms with Crippen LogP contribution in [0.2, 0.25) is 0 Å². The van der Waals surface area contributed by atoms with E-state index in [-0.39, 0.29) is 22.3 Å². The average Bonchev–Trinajstić information content (AvgIpc) is 2.26. The normalized spacial score (nSPS) is 10.0. The number of ether oxygens (including phenoxy) is 1. The molecule has 0 unspecified atom stereocenters. The molecule has 0 spiro atoms. The zero-order valence-corrected chi connectivity index (χ0v) is 8.75. The Morgan fingerprint density at radius 2 is 2.12 bits per heavy atom. The molecular formula is C11H9F2NO2. The molecule has 0 radical (unpaired) electrons. The lowest BCUT2D eigenvalue weighted by molar-refractivity contribution is 0.0600. The highest BCUT2D eigenvalue weighted by Crippen LogP contribution is 2.27. The number of rotatable bonds is 2. The molecule has 0 atom stereocenters. The molecule has 84 valence electrons. The molecule has 0 amide bonds. The SMILES string of the molecule is COC(=O)c1cc(C)c(C(F)F)c(C#N)c1. The molecule has 3 nitrogen and oxygen atoms in total. The number of halogens is 2. The predicted molar refractivity (Wildman–Crippen MR) is 52.2 cm³/mol. The topological polar surface area (TPSA) is 50.1 Å². The lowest BCUT2D eigenvalue weighted by atomic mass is 9.99. The van der Waals surface area contributed by atoms with Crippen LogP contribution in [0.15, 0.2) is 12.1 Å². The van der Waals surface area contributed by atoms with Crippen LogP contribution in [0.1, 0.15) is 33.5 Å². The molecule has 1 rings (SSSR count). The summed E-state index contributed by atoms with van der Waals surface area (Å²) in [5.41, 5.74) is -0.235. The van der Waals surface area contributed by atoms with Crippen molar-refractivity contribution < 1.29 is 18.3 Å². The lowest BCUT2D eigenvalue weighted by Crippen LogP contribution is -2.05. The molecule has 0 saturated carbocycles. The number of nitriles is 1. The van der Waals surface area contributed by atoms with Gasteiger partial charge in [0.25, 0.3) is 6.43 Å². The summed E-state index contributed by atoms with van der Waals surface area (Å²) in [6, 6.07) is 4.05. The number of carbonyl (C=O) groups excluding carboxylic acids is 1. The van der Waals surface area contributed by atoms with Crippen molar-refractivity contribution >= 4 is 5.97 Å². The summed E-state index contributed by atoms with van der Waals surface area (Å²) in [6.07, 6.45) is -2.73. The highest BCUT2D eigenvalue weighted by Gasteiger charge is 2.19. The van der Waals surface area contributed by atoms with Crippen molar-refractivity contribution in [2.24, 2.45) is 0 Å². The van der Waals surface area contributed by atoms with Crippen LogP contribution >= 0.6 is 0 Å². The van der Waals surface area contributed by atoms with Gasteiger partial charge in [-0.2, -0.15) is 5.26 Å². The Hall–Kier alpha value is -1.96. The molecule has 0 fully saturated rings. The number of esters is 1. The Balaban J connectivity index is 3.39. The molecule has 16 heavy (non-hydrogen) atoms. The third kappa shape index (κ3) is 2.16. The van der Waals surface area contributed by atoms with Crippen LogP contribution in [-0.2, 0) is 4.74 Å². The quantitative estimate of drug-likeness (QED) is 0.727. The van der Waals surface area contributed by atoms with Crippen LogP contribution in [0.25, 0.3) is 0 Å². The summed E-state index contributed by atoms with van der Waals surface area (Å²) < 4.78 is 29.7. The fourth-order valence-corrected chi connectivity index (χ4v) is 1.42. The monoisotopic (exact) mass is 225 g/mol. The van der Waals surface area contributed by atoms with E-state index in [1.807, 2.05) is 0 Å². The summed E-state index contributed by atoms with van der Waals surface area (Å²) in [4.78, 5) is 11.2. The fraction of sp³-hybridized carbons (Fsp3) is 0.273. The Kier molecular flexibility index (Phi) is 3.56. The van der Waals surface area contributed by atoms with Gasteiger partial charge in [-0.25, -0.2) is 13.6 Å². The number of benzene rings is 1. The zero-order chi connectivity index (χ0) is 12.3. The molecule has 0 aliphatic rings. The van der Waals surface area contributed by atoms with Crippen molar-refractivity contribution in [1.82, 2.24) is 0 Å². The molecular weight excluding hydrogens is 216 g/mol. The highest BCUT2D eigenvalue weighted by molar-refractivity contribution is 5.90. The smallest absolute Gasteiger partial charge is 0.337 e. The van der Waals surface area contributed by atoms with E-state index in [4.69, 9.17) is 5.26 Å². The Labute approximate surface area is 91.3 Å². The van der Waals surface area contributed by atoms with Gasteiger partial charge in [-0.05, 0) is 24.6 Å². The molecule has 1 aromatic carbocycles. The van der Waals surface area contributed by atoms with Crippen LogP contribution < -0.4 is 0 Å². The standard InChI is InChI=1S/C11H9F2NO2/c1-6-3-7(11(15)16-2)4-8(5-14)9(6)10(12)13/h3-4,10H,1-2H3. The van der Waals surface area contributed by atoms with Gasteiger partial charge in [0, 0.05) is 5.56 Å². The van der Waals surface area contributed by atoms with Crippen LogP contribution in [0.3, 0.4) is 0 Å². The summed E-state index contributed by atoms with van der Waals surface area (Å²) >= 11 is 0. The molecule has 0 N–H and O–H groups in total. The van der Waals surface area contributed by atoms with Crippen LogP contribution in [0.5, 0.6) is 0 Å². The first-order valence-electron chi connectivity index (χ1n) is 4.42. The predicted octanol–water partition coefficient (Wildman–Crippen LogP) is 2.59. The van der Waals surface area contributed by atoms with Gasteiger partial charge in [0.15, 0.2) is 0 Å². The molecule has 0 heterocycles. The molecule has 0 aliphatic carbocycles. The zero-order valence-electron chi connectivity index (χ0n) is 8.75. The van der Waals surface area contributed by atoms with Gasteiger partial charge in [-0.3, -0.25) is 0 Å². The summed E-state index contributed by atoms with van der Waals surface area (Å²) in [6.45, 7) is 1.43. The molecule has 0 aliphatic heterocycles. The fourth-order valence-electron chi connectivity index (χ4n) is 1.42. The second kappa shape index (κ2) is 4.71. The molecule has 5 heteroatoms. The van der Waals surface area contributed by atoms with Crippen LogP contribution in [0, 0.1) is 18.3 Å². The first kappa shape index (κ1) is 12.1. The minimum Gasteiger partial charge on any atom is -0.465 e. The van der Waals surface area contributed by atoms with Crippen molar-refractivity contribution in [2.75, 3.05) is 7.11 Å². The number of alkyl halides is 2. The van der Waals surface area contributed by atoms with E-state index in [1.165, 1.54) is 20.1 Å². The van der Waals surface area contributed by atoms with Crippen molar-refractivity contribution in [3.8, 4) is 6.07 Å². The van der Waals surface area contributed by atoms with Gasteiger partial charge in [0.2, 0.25) is 0 Å². The Morgan fingerprint density at radius 1 is 1.50 bits per heavy atom. The Bertz CT molecular complexity index is 464. The largest absolute Gasteiger partial charge is 0.465 e. The molecule has 1 aromatic rings. The van der Waals surface area contributed by atoms with Crippen molar-refractivity contribution in [3.05, 3.63) is 34.4 Å². The van der Waals surface area contributed by atoms with Gasteiger partial charge < -0.3 is 4.74 Å². The van der Waals surface area contributed by atoms with Crippen molar-refractivity contribution in [3.63, 3.8) is 0 Å². The van der Waals surface area contributed by atoms with E-state index in [0.717, 1.165) is 6.07 Å². The van der Waals surface area contributed by atoms with Crippen LogP contribution in [-0.4, -0.2) is 13.1 Å². The van der Waals surface area contributed by atoms with Crippen LogP contribution in [0.4, 0.5) is 8.78 Å². The van der Waals surface area contributed by atoms with Gasteiger partial charge in [0.05, 0.1) is 24.3 Å². The maximum atomic E-state index is 12.6. The average molecular weight is 225 g/mol. The molecule has 0 aromatic heterocycles. The van der Waals surface area contributed by atoms with Gasteiger partial charge in [0.1, 0.15) is 0 Å². The van der Waals surface area contributed by atoms with Crippen molar-refractivity contribution in [2.45, 2.75) is 13.3 Å². The first-order valence-corrected chi connectivity index (χ1v) is 4.42. The van der Waals surface area contributed by atoms with E-state index < -0.39 is 12.4 Å². The molecule has 0 bridgehead atoms. The summed E-state index contributed by atoms with van der Waals surface area (Å²) in [5, 5.41) is 8.74. The number of aryl methyl sites for hydroxylation is 1. The third-order valence-electron chi connectivity index (χ3n) is 2.15. The van der Waals surface area contributed by atoms with Gasteiger partial charge in [-0.15, -0.1) is 0 Å².